The molecule has 0 spiro atoms. The first-order valence-corrected chi connectivity index (χ1v) is 7.53. The Hall–Kier alpha value is -1.10. The van der Waals surface area contributed by atoms with Gasteiger partial charge in [-0.25, -0.2) is 0 Å². The number of esters is 2. The van der Waals surface area contributed by atoms with E-state index in [1.54, 1.807) is 0 Å². The Bertz CT molecular complexity index is 319. The number of unbranched alkanes of at least 4 members (excludes halogenated alkanes) is 2. The third-order valence-electron chi connectivity index (χ3n) is 3.83. The first kappa shape index (κ1) is 17.0. The van der Waals surface area contributed by atoms with Crippen LogP contribution >= 0.6 is 0 Å². The second kappa shape index (κ2) is 8.95. The number of hydrogen-bond donors (Lipinski definition) is 1. The molecule has 1 rings (SSSR count). The number of nitrogens with one attached hydrogen (secondary N) is 1. The first-order chi connectivity index (χ1) is 9.52. The summed E-state index contributed by atoms with van der Waals surface area (Å²) in [6, 6.07) is 0.711. The monoisotopic (exact) mass is 285 g/mol. The molecule has 1 aliphatic rings. The van der Waals surface area contributed by atoms with Crippen LogP contribution in [-0.4, -0.2) is 37.2 Å². The molecular formula is C15H27NO4. The molecule has 0 unspecified atom stereocenters. The summed E-state index contributed by atoms with van der Waals surface area (Å²) in [6.07, 6.45) is 6.65. The fourth-order valence-electron chi connectivity index (χ4n) is 2.72. The van der Waals surface area contributed by atoms with E-state index < -0.39 is 0 Å². The van der Waals surface area contributed by atoms with Crippen LogP contribution in [0.15, 0.2) is 0 Å². The predicted molar refractivity (Wildman–Crippen MR) is 76.3 cm³/mol. The van der Waals surface area contributed by atoms with E-state index in [0.29, 0.717) is 12.5 Å². The SMILES string of the molecule is COC(=O)CCCCC[C@@H]1CC[C@H](OC(C)=O)[C@H](C)N1. The molecule has 0 aromatic rings. The van der Waals surface area contributed by atoms with Gasteiger partial charge < -0.3 is 14.8 Å². The Kier molecular flexibility index (Phi) is 7.59. The summed E-state index contributed by atoms with van der Waals surface area (Å²) in [5.41, 5.74) is 0. The van der Waals surface area contributed by atoms with Crippen molar-refractivity contribution in [2.45, 2.75) is 77.0 Å². The molecule has 20 heavy (non-hydrogen) atoms. The van der Waals surface area contributed by atoms with Gasteiger partial charge in [-0.3, -0.25) is 9.59 Å². The van der Waals surface area contributed by atoms with Crippen molar-refractivity contribution in [3.8, 4) is 0 Å². The largest absolute Gasteiger partial charge is 0.469 e. The van der Waals surface area contributed by atoms with Crippen molar-refractivity contribution in [3.05, 3.63) is 0 Å². The Labute approximate surface area is 121 Å². The van der Waals surface area contributed by atoms with E-state index in [1.807, 2.05) is 0 Å². The molecule has 1 heterocycles. The highest BCUT2D eigenvalue weighted by Gasteiger charge is 2.28. The molecule has 1 fully saturated rings. The lowest BCUT2D eigenvalue weighted by Crippen LogP contribution is -2.50. The van der Waals surface area contributed by atoms with Crippen molar-refractivity contribution in [2.24, 2.45) is 0 Å². The second-order valence-corrected chi connectivity index (χ2v) is 5.55. The van der Waals surface area contributed by atoms with Gasteiger partial charge in [-0.05, 0) is 32.6 Å². The maximum atomic E-state index is 11.0. The Morgan fingerprint density at radius 3 is 2.55 bits per heavy atom. The molecule has 0 radical (unpaired) electrons. The average molecular weight is 285 g/mol. The molecule has 0 amide bonds. The van der Waals surface area contributed by atoms with E-state index in [1.165, 1.54) is 14.0 Å². The van der Waals surface area contributed by atoms with Crippen LogP contribution in [0.3, 0.4) is 0 Å². The van der Waals surface area contributed by atoms with Crippen molar-refractivity contribution >= 4 is 11.9 Å². The number of rotatable bonds is 7. The Balaban J connectivity index is 2.12. The van der Waals surface area contributed by atoms with Gasteiger partial charge in [-0.2, -0.15) is 0 Å². The van der Waals surface area contributed by atoms with Crippen LogP contribution in [0.25, 0.3) is 0 Å². The normalized spacial score (nSPS) is 26.1. The molecule has 1 N–H and O–H groups in total. The first-order valence-electron chi connectivity index (χ1n) is 7.53. The average Bonchev–Trinajstić information content (AvgIpc) is 2.40. The summed E-state index contributed by atoms with van der Waals surface area (Å²) in [7, 11) is 1.43. The van der Waals surface area contributed by atoms with Crippen molar-refractivity contribution in [2.75, 3.05) is 7.11 Å². The molecule has 1 aliphatic heterocycles. The number of carbonyl (C=O) groups is 2. The van der Waals surface area contributed by atoms with Gasteiger partial charge in [0.2, 0.25) is 0 Å². The van der Waals surface area contributed by atoms with Crippen LogP contribution in [0.1, 0.15) is 58.8 Å². The summed E-state index contributed by atoms with van der Waals surface area (Å²) in [4.78, 5) is 21.9. The minimum absolute atomic E-state index is 0.00285. The smallest absolute Gasteiger partial charge is 0.305 e. The van der Waals surface area contributed by atoms with E-state index in [0.717, 1.165) is 38.5 Å². The second-order valence-electron chi connectivity index (χ2n) is 5.55. The van der Waals surface area contributed by atoms with Crippen LogP contribution in [-0.2, 0) is 19.1 Å². The third kappa shape index (κ3) is 6.37. The van der Waals surface area contributed by atoms with E-state index in [9.17, 15) is 9.59 Å². The van der Waals surface area contributed by atoms with Crippen LogP contribution in [0.2, 0.25) is 0 Å². The fraction of sp³-hybridized carbons (Fsp3) is 0.867. The van der Waals surface area contributed by atoms with Crippen LogP contribution < -0.4 is 5.32 Å². The molecule has 116 valence electrons. The maximum absolute atomic E-state index is 11.0. The van der Waals surface area contributed by atoms with Gasteiger partial charge in [-0.1, -0.05) is 12.8 Å². The summed E-state index contributed by atoms with van der Waals surface area (Å²) >= 11 is 0. The molecule has 0 aliphatic carbocycles. The summed E-state index contributed by atoms with van der Waals surface area (Å²) in [5, 5.41) is 3.51. The highest BCUT2D eigenvalue weighted by atomic mass is 16.5. The zero-order valence-corrected chi connectivity index (χ0v) is 12.8. The van der Waals surface area contributed by atoms with Gasteiger partial charge in [0.05, 0.1) is 7.11 Å². The maximum Gasteiger partial charge on any atom is 0.305 e. The van der Waals surface area contributed by atoms with Crippen LogP contribution in [0.5, 0.6) is 0 Å². The Morgan fingerprint density at radius 2 is 1.95 bits per heavy atom. The molecule has 3 atom stereocenters. The molecule has 0 aromatic carbocycles. The van der Waals surface area contributed by atoms with E-state index in [-0.39, 0.29) is 24.1 Å². The lowest BCUT2D eigenvalue weighted by atomic mass is 9.93. The molecule has 5 nitrogen and oxygen atoms in total. The van der Waals surface area contributed by atoms with Gasteiger partial charge in [0, 0.05) is 25.4 Å². The van der Waals surface area contributed by atoms with E-state index in [2.05, 4.69) is 17.0 Å². The lowest BCUT2D eigenvalue weighted by Gasteiger charge is -2.35. The van der Waals surface area contributed by atoms with Crippen molar-refractivity contribution in [3.63, 3.8) is 0 Å². The number of piperidine rings is 1. The standard InChI is InChI=1S/C15H27NO4/c1-11-14(20-12(2)17)10-9-13(16-11)7-5-4-6-8-15(18)19-3/h11,13-14,16H,4-10H2,1-3H3/t11-,13+,14-/m0/s1. The molecule has 0 aromatic heterocycles. The van der Waals surface area contributed by atoms with Gasteiger partial charge in [0.15, 0.2) is 0 Å². The third-order valence-corrected chi connectivity index (χ3v) is 3.83. The van der Waals surface area contributed by atoms with E-state index in [4.69, 9.17) is 4.74 Å². The minimum atomic E-state index is -0.204. The topological polar surface area (TPSA) is 64.6 Å². The van der Waals surface area contributed by atoms with Crippen LogP contribution in [0.4, 0.5) is 0 Å². The lowest BCUT2D eigenvalue weighted by molar-refractivity contribution is -0.149. The van der Waals surface area contributed by atoms with Gasteiger partial charge in [0.25, 0.3) is 0 Å². The highest BCUT2D eigenvalue weighted by molar-refractivity contribution is 5.69. The van der Waals surface area contributed by atoms with Crippen molar-refractivity contribution in [1.29, 1.82) is 0 Å². The molecule has 1 saturated heterocycles. The molecular weight excluding hydrogens is 258 g/mol. The predicted octanol–water partition coefficient (Wildman–Crippen LogP) is 2.18. The van der Waals surface area contributed by atoms with Gasteiger partial charge >= 0.3 is 11.9 Å². The fourth-order valence-corrected chi connectivity index (χ4v) is 2.72. The summed E-state index contributed by atoms with van der Waals surface area (Å²) < 4.78 is 9.89. The number of methoxy groups -OCH3 is 1. The minimum Gasteiger partial charge on any atom is -0.469 e. The zero-order chi connectivity index (χ0) is 15.0. The van der Waals surface area contributed by atoms with Crippen LogP contribution in [0, 0.1) is 0 Å². The summed E-state index contributed by atoms with van der Waals surface area (Å²) in [5.74, 6) is -0.330. The zero-order valence-electron chi connectivity index (χ0n) is 12.8. The van der Waals surface area contributed by atoms with Gasteiger partial charge in [-0.15, -0.1) is 0 Å². The van der Waals surface area contributed by atoms with Crippen molar-refractivity contribution < 1.29 is 19.1 Å². The quantitative estimate of drug-likeness (QED) is 0.574. The highest BCUT2D eigenvalue weighted by Crippen LogP contribution is 2.20. The number of carbonyl (C=O) groups excluding carboxylic acids is 2. The molecule has 0 saturated carbocycles. The summed E-state index contributed by atoms with van der Waals surface area (Å²) in [6.45, 7) is 3.52. The molecule has 0 bridgehead atoms. The Morgan fingerprint density at radius 1 is 1.20 bits per heavy atom. The number of ether oxygens (including phenoxy) is 2. The van der Waals surface area contributed by atoms with Crippen molar-refractivity contribution in [1.82, 2.24) is 5.32 Å². The number of hydrogen-bond acceptors (Lipinski definition) is 5. The van der Waals surface area contributed by atoms with Gasteiger partial charge in [0.1, 0.15) is 6.10 Å². The van der Waals surface area contributed by atoms with E-state index >= 15 is 0 Å². The molecule has 5 heteroatoms.